The number of carbonyl (C=O) groups excluding carboxylic acids is 1. The van der Waals surface area contributed by atoms with E-state index in [0.717, 1.165) is 0 Å². The SMILES string of the molecule is COc1ccc(N)c(C(=O)NCC(O)C(=O)O)c1. The van der Waals surface area contributed by atoms with Crippen LogP contribution in [0.2, 0.25) is 0 Å². The number of rotatable bonds is 5. The van der Waals surface area contributed by atoms with Crippen LogP contribution >= 0.6 is 0 Å². The molecular weight excluding hydrogens is 240 g/mol. The van der Waals surface area contributed by atoms with E-state index in [-0.39, 0.29) is 11.3 Å². The van der Waals surface area contributed by atoms with Crippen LogP contribution in [0.5, 0.6) is 5.75 Å². The number of methoxy groups -OCH3 is 1. The van der Waals surface area contributed by atoms with Crippen LogP contribution in [0, 0.1) is 0 Å². The number of amides is 1. The number of hydrogen-bond acceptors (Lipinski definition) is 5. The van der Waals surface area contributed by atoms with E-state index in [0.29, 0.717) is 5.75 Å². The lowest BCUT2D eigenvalue weighted by atomic mass is 10.1. The molecule has 0 saturated carbocycles. The van der Waals surface area contributed by atoms with Crippen molar-refractivity contribution < 1.29 is 24.5 Å². The fraction of sp³-hybridized carbons (Fsp3) is 0.273. The predicted octanol–water partition coefficient (Wildman–Crippen LogP) is -0.547. The largest absolute Gasteiger partial charge is 0.497 e. The fourth-order valence-corrected chi connectivity index (χ4v) is 1.23. The summed E-state index contributed by atoms with van der Waals surface area (Å²) in [5.74, 6) is -1.53. The molecule has 1 unspecified atom stereocenters. The summed E-state index contributed by atoms with van der Waals surface area (Å²) in [6, 6.07) is 4.53. The molecule has 0 heterocycles. The quantitative estimate of drug-likeness (QED) is 0.523. The third kappa shape index (κ3) is 3.36. The number of anilines is 1. The average molecular weight is 254 g/mol. The molecule has 0 aliphatic rings. The molecule has 0 aliphatic heterocycles. The van der Waals surface area contributed by atoms with E-state index in [1.54, 1.807) is 6.07 Å². The number of carboxylic acids is 1. The zero-order valence-corrected chi connectivity index (χ0v) is 9.71. The van der Waals surface area contributed by atoms with Crippen molar-refractivity contribution in [2.75, 3.05) is 19.4 Å². The number of aliphatic carboxylic acids is 1. The van der Waals surface area contributed by atoms with E-state index < -0.39 is 24.5 Å². The van der Waals surface area contributed by atoms with Gasteiger partial charge in [0.1, 0.15) is 5.75 Å². The van der Waals surface area contributed by atoms with Crippen LogP contribution in [0.1, 0.15) is 10.4 Å². The highest BCUT2D eigenvalue weighted by Gasteiger charge is 2.16. The summed E-state index contributed by atoms with van der Waals surface area (Å²) in [5.41, 5.74) is 6.01. The van der Waals surface area contributed by atoms with Crippen LogP contribution in [-0.2, 0) is 4.79 Å². The third-order valence-electron chi connectivity index (χ3n) is 2.25. The molecule has 0 spiro atoms. The Morgan fingerprint density at radius 2 is 2.17 bits per heavy atom. The van der Waals surface area contributed by atoms with Gasteiger partial charge in [-0.3, -0.25) is 4.79 Å². The summed E-state index contributed by atoms with van der Waals surface area (Å²) in [4.78, 5) is 22.1. The maximum Gasteiger partial charge on any atom is 0.334 e. The minimum atomic E-state index is -1.65. The minimum absolute atomic E-state index is 0.159. The van der Waals surface area contributed by atoms with Crippen LogP contribution < -0.4 is 15.8 Å². The van der Waals surface area contributed by atoms with Crippen LogP contribution in [-0.4, -0.2) is 41.8 Å². The molecule has 1 aromatic rings. The number of aliphatic hydroxyl groups excluding tert-OH is 1. The first-order chi connectivity index (χ1) is 8.45. The van der Waals surface area contributed by atoms with Gasteiger partial charge in [-0.15, -0.1) is 0 Å². The van der Waals surface area contributed by atoms with Gasteiger partial charge >= 0.3 is 5.97 Å². The summed E-state index contributed by atoms with van der Waals surface area (Å²) < 4.78 is 4.94. The molecule has 0 aliphatic carbocycles. The lowest BCUT2D eigenvalue weighted by Gasteiger charge is -2.10. The third-order valence-corrected chi connectivity index (χ3v) is 2.25. The van der Waals surface area contributed by atoms with E-state index >= 15 is 0 Å². The number of carbonyl (C=O) groups is 2. The van der Waals surface area contributed by atoms with Crippen molar-refractivity contribution in [3.63, 3.8) is 0 Å². The van der Waals surface area contributed by atoms with Crippen molar-refractivity contribution >= 4 is 17.6 Å². The summed E-state index contributed by atoms with van der Waals surface area (Å²) >= 11 is 0. The first-order valence-corrected chi connectivity index (χ1v) is 5.08. The Bertz CT molecular complexity index is 461. The van der Waals surface area contributed by atoms with Gasteiger partial charge in [0, 0.05) is 5.69 Å². The number of aliphatic hydroxyl groups is 1. The Kier molecular flexibility index (Phi) is 4.50. The highest BCUT2D eigenvalue weighted by Crippen LogP contribution is 2.19. The zero-order chi connectivity index (χ0) is 13.7. The van der Waals surface area contributed by atoms with Crippen LogP contribution in [0.25, 0.3) is 0 Å². The standard InChI is InChI=1S/C11H14N2O5/c1-18-6-2-3-8(12)7(4-6)10(15)13-5-9(14)11(16)17/h2-4,9,14H,5,12H2,1H3,(H,13,15)(H,16,17). The number of nitrogen functional groups attached to an aromatic ring is 1. The lowest BCUT2D eigenvalue weighted by Crippen LogP contribution is -2.36. The van der Waals surface area contributed by atoms with Gasteiger partial charge in [-0.1, -0.05) is 0 Å². The molecule has 98 valence electrons. The number of benzene rings is 1. The molecule has 1 rings (SSSR count). The number of ether oxygens (including phenoxy) is 1. The number of nitrogens with one attached hydrogen (secondary N) is 1. The van der Waals surface area contributed by atoms with Gasteiger partial charge in [0.2, 0.25) is 0 Å². The van der Waals surface area contributed by atoms with Crippen molar-refractivity contribution in [3.05, 3.63) is 23.8 Å². The van der Waals surface area contributed by atoms with E-state index in [1.165, 1.54) is 19.2 Å². The Balaban J connectivity index is 2.75. The first-order valence-electron chi connectivity index (χ1n) is 5.08. The zero-order valence-electron chi connectivity index (χ0n) is 9.71. The topological polar surface area (TPSA) is 122 Å². The smallest absolute Gasteiger partial charge is 0.334 e. The van der Waals surface area contributed by atoms with E-state index in [4.69, 9.17) is 20.7 Å². The van der Waals surface area contributed by atoms with Crippen LogP contribution in [0.4, 0.5) is 5.69 Å². The molecule has 7 nitrogen and oxygen atoms in total. The molecule has 18 heavy (non-hydrogen) atoms. The second-order valence-corrected chi connectivity index (χ2v) is 3.52. The molecular formula is C11H14N2O5. The molecule has 0 radical (unpaired) electrons. The van der Waals surface area contributed by atoms with Crippen LogP contribution in [0.3, 0.4) is 0 Å². The van der Waals surface area contributed by atoms with Crippen molar-refractivity contribution in [2.45, 2.75) is 6.10 Å². The Labute approximate surface area is 103 Å². The van der Waals surface area contributed by atoms with Gasteiger partial charge in [0.05, 0.1) is 19.2 Å². The average Bonchev–Trinajstić information content (AvgIpc) is 2.35. The summed E-state index contributed by atoms with van der Waals surface area (Å²) in [5, 5.41) is 19.7. The molecule has 7 heteroatoms. The summed E-state index contributed by atoms with van der Waals surface area (Å²) in [6.07, 6.45) is -1.65. The second kappa shape index (κ2) is 5.87. The molecule has 1 aromatic carbocycles. The monoisotopic (exact) mass is 254 g/mol. The highest BCUT2D eigenvalue weighted by atomic mass is 16.5. The highest BCUT2D eigenvalue weighted by molar-refractivity contribution is 5.99. The molecule has 0 fully saturated rings. The van der Waals surface area contributed by atoms with Crippen molar-refractivity contribution in [2.24, 2.45) is 0 Å². The summed E-state index contributed by atoms with van der Waals surface area (Å²) in [7, 11) is 1.45. The van der Waals surface area contributed by atoms with Crippen LogP contribution in [0.15, 0.2) is 18.2 Å². The molecule has 0 saturated heterocycles. The van der Waals surface area contributed by atoms with Gasteiger partial charge in [-0.2, -0.15) is 0 Å². The molecule has 0 aromatic heterocycles. The van der Waals surface area contributed by atoms with Gasteiger partial charge < -0.3 is 26.0 Å². The molecule has 5 N–H and O–H groups in total. The molecule has 0 bridgehead atoms. The van der Waals surface area contributed by atoms with Gasteiger partial charge in [-0.25, -0.2) is 4.79 Å². The first kappa shape index (κ1) is 13.8. The molecule has 1 amide bonds. The Hall–Kier alpha value is -2.28. The van der Waals surface area contributed by atoms with E-state index in [1.807, 2.05) is 0 Å². The Morgan fingerprint density at radius 3 is 2.72 bits per heavy atom. The lowest BCUT2D eigenvalue weighted by molar-refractivity contribution is -0.146. The predicted molar refractivity (Wildman–Crippen MR) is 63.4 cm³/mol. The van der Waals surface area contributed by atoms with Gasteiger partial charge in [0.25, 0.3) is 5.91 Å². The van der Waals surface area contributed by atoms with Crippen molar-refractivity contribution in [1.29, 1.82) is 0 Å². The van der Waals surface area contributed by atoms with Crippen molar-refractivity contribution in [3.8, 4) is 5.75 Å². The van der Waals surface area contributed by atoms with E-state index in [9.17, 15) is 9.59 Å². The van der Waals surface area contributed by atoms with Gasteiger partial charge in [0.15, 0.2) is 6.10 Å². The number of carboxylic acid groups (broad SMARTS) is 1. The minimum Gasteiger partial charge on any atom is -0.497 e. The fourth-order valence-electron chi connectivity index (χ4n) is 1.23. The maximum atomic E-state index is 11.7. The Morgan fingerprint density at radius 1 is 1.50 bits per heavy atom. The van der Waals surface area contributed by atoms with Gasteiger partial charge in [-0.05, 0) is 18.2 Å². The number of nitrogens with two attached hydrogens (primary N) is 1. The second-order valence-electron chi connectivity index (χ2n) is 3.52. The maximum absolute atomic E-state index is 11.7. The van der Waals surface area contributed by atoms with Crippen molar-refractivity contribution in [1.82, 2.24) is 5.32 Å². The normalized spacial score (nSPS) is 11.7. The number of hydrogen-bond donors (Lipinski definition) is 4. The van der Waals surface area contributed by atoms with E-state index in [2.05, 4.69) is 5.32 Å². The molecule has 1 atom stereocenters. The summed E-state index contributed by atoms with van der Waals surface area (Å²) in [6.45, 7) is -0.398.